The van der Waals surface area contributed by atoms with Crippen LogP contribution in [0.1, 0.15) is 17.5 Å². The van der Waals surface area contributed by atoms with Gasteiger partial charge >= 0.3 is 5.97 Å². The van der Waals surface area contributed by atoms with Crippen molar-refractivity contribution in [1.29, 1.82) is 0 Å². The van der Waals surface area contributed by atoms with E-state index >= 15 is 0 Å². The second-order valence-corrected chi connectivity index (χ2v) is 7.30. The first-order valence-electron chi connectivity index (χ1n) is 8.26. The van der Waals surface area contributed by atoms with Crippen molar-refractivity contribution < 1.29 is 14.7 Å². The van der Waals surface area contributed by atoms with Crippen LogP contribution in [0.2, 0.25) is 0 Å². The predicted molar refractivity (Wildman–Crippen MR) is 86.9 cm³/mol. The minimum absolute atomic E-state index is 0.0249. The van der Waals surface area contributed by atoms with Crippen LogP contribution in [0.4, 0.5) is 5.69 Å². The van der Waals surface area contributed by atoms with Crippen LogP contribution in [0.15, 0.2) is 30.4 Å². The summed E-state index contributed by atoms with van der Waals surface area (Å²) in [5.41, 5.74) is 2.86. The summed E-state index contributed by atoms with van der Waals surface area (Å²) in [6.07, 6.45) is 5.20. The molecule has 0 unspecified atom stereocenters. The first kappa shape index (κ1) is 14.5. The van der Waals surface area contributed by atoms with Crippen molar-refractivity contribution in [2.45, 2.75) is 20.3 Å². The highest BCUT2D eigenvalue weighted by molar-refractivity contribution is 5.96. The number of amides is 1. The maximum Gasteiger partial charge on any atom is 0.307 e. The van der Waals surface area contributed by atoms with Crippen LogP contribution in [-0.2, 0) is 9.59 Å². The van der Waals surface area contributed by atoms with Crippen LogP contribution < -0.4 is 5.32 Å². The molecule has 4 heteroatoms. The van der Waals surface area contributed by atoms with Crippen molar-refractivity contribution in [1.82, 2.24) is 0 Å². The third kappa shape index (κ3) is 2.19. The van der Waals surface area contributed by atoms with Gasteiger partial charge in [0.15, 0.2) is 0 Å². The summed E-state index contributed by atoms with van der Waals surface area (Å²) in [5, 5.41) is 12.7. The second kappa shape index (κ2) is 4.95. The second-order valence-electron chi connectivity index (χ2n) is 7.30. The minimum Gasteiger partial charge on any atom is -0.481 e. The van der Waals surface area contributed by atoms with Gasteiger partial charge in [-0.1, -0.05) is 24.3 Å². The van der Waals surface area contributed by atoms with E-state index in [1.807, 2.05) is 38.1 Å². The van der Waals surface area contributed by atoms with E-state index in [2.05, 4.69) is 11.4 Å². The third-order valence-corrected chi connectivity index (χ3v) is 5.89. The summed E-state index contributed by atoms with van der Waals surface area (Å²) in [7, 11) is 0. The van der Waals surface area contributed by atoms with Gasteiger partial charge in [0.2, 0.25) is 5.91 Å². The largest absolute Gasteiger partial charge is 0.481 e. The number of hydrogen-bond acceptors (Lipinski definition) is 2. The molecule has 0 radical (unpaired) electrons. The average molecular weight is 311 g/mol. The molecular weight excluding hydrogens is 290 g/mol. The zero-order chi connectivity index (χ0) is 16.3. The van der Waals surface area contributed by atoms with Crippen molar-refractivity contribution >= 4 is 17.6 Å². The number of anilines is 1. The van der Waals surface area contributed by atoms with Gasteiger partial charge in [0, 0.05) is 5.69 Å². The molecule has 1 amide bonds. The monoisotopic (exact) mass is 311 g/mol. The maximum atomic E-state index is 12.9. The van der Waals surface area contributed by atoms with Crippen molar-refractivity contribution in [2.75, 3.05) is 5.32 Å². The van der Waals surface area contributed by atoms with Gasteiger partial charge in [0.1, 0.15) is 0 Å². The number of aryl methyl sites for hydroxylation is 2. The molecule has 0 aromatic heterocycles. The Morgan fingerprint density at radius 1 is 1.09 bits per heavy atom. The van der Waals surface area contributed by atoms with Gasteiger partial charge in [-0.25, -0.2) is 0 Å². The number of hydrogen-bond donors (Lipinski definition) is 2. The number of carbonyl (C=O) groups excluding carboxylic acids is 1. The molecule has 0 spiro atoms. The third-order valence-electron chi connectivity index (χ3n) is 5.89. The van der Waals surface area contributed by atoms with Gasteiger partial charge in [-0.2, -0.15) is 0 Å². The lowest BCUT2D eigenvalue weighted by molar-refractivity contribution is -0.152. The summed E-state index contributed by atoms with van der Waals surface area (Å²) in [6, 6.07) is 5.93. The van der Waals surface area contributed by atoms with E-state index in [1.54, 1.807) is 0 Å². The Labute approximate surface area is 135 Å². The Morgan fingerprint density at radius 3 is 2.39 bits per heavy atom. The SMILES string of the molecule is Cc1ccc(C)c(NC(=O)[C@@H]2[C@H]3C=C[C@@H]([C@@H]4C[C@H]34)[C@H]2C(=O)O)c1. The predicted octanol–water partition coefficient (Wildman–Crippen LogP) is 3.01. The molecule has 0 heterocycles. The number of fused-ring (bicyclic) bond motifs is 1. The highest BCUT2D eigenvalue weighted by atomic mass is 16.4. The summed E-state index contributed by atoms with van der Waals surface area (Å²) in [5.74, 6) is -0.921. The fourth-order valence-corrected chi connectivity index (χ4v) is 4.66. The van der Waals surface area contributed by atoms with Crippen LogP contribution in [0, 0.1) is 49.4 Å². The normalized spacial score (nSPS) is 36.4. The maximum absolute atomic E-state index is 12.9. The van der Waals surface area contributed by atoms with Crippen LogP contribution in [0.5, 0.6) is 0 Å². The standard InChI is InChI=1S/C19H21NO3/c1-9-3-4-10(2)15(7-9)20-18(21)16-11-5-6-12(14-8-13(11)14)17(16)19(22)23/h3-7,11-14,16-17H,8H2,1-2H3,(H,20,21)(H,22,23)/t11-,12-,13+,14-,16+,17+/m0/s1. The van der Waals surface area contributed by atoms with E-state index in [9.17, 15) is 14.7 Å². The van der Waals surface area contributed by atoms with Crippen molar-refractivity contribution in [3.05, 3.63) is 41.5 Å². The highest BCUT2D eigenvalue weighted by Crippen LogP contribution is 2.63. The number of benzene rings is 1. The van der Waals surface area contributed by atoms with E-state index < -0.39 is 17.8 Å². The number of carbonyl (C=O) groups is 2. The first-order chi connectivity index (χ1) is 11.0. The molecule has 2 bridgehead atoms. The highest BCUT2D eigenvalue weighted by Gasteiger charge is 2.62. The molecule has 6 atom stereocenters. The van der Waals surface area contributed by atoms with Crippen LogP contribution in [-0.4, -0.2) is 17.0 Å². The quantitative estimate of drug-likeness (QED) is 0.843. The number of aliphatic carboxylic acids is 1. The zero-order valence-electron chi connectivity index (χ0n) is 13.3. The van der Waals surface area contributed by atoms with E-state index in [-0.39, 0.29) is 17.7 Å². The van der Waals surface area contributed by atoms with Gasteiger partial charge < -0.3 is 10.4 Å². The molecule has 1 aromatic carbocycles. The number of allylic oxidation sites excluding steroid dienone is 2. The fourth-order valence-electron chi connectivity index (χ4n) is 4.66. The molecule has 2 fully saturated rings. The molecular formula is C19H21NO3. The zero-order valence-corrected chi connectivity index (χ0v) is 13.3. The minimum atomic E-state index is -0.837. The molecule has 4 nitrogen and oxygen atoms in total. The molecule has 4 aliphatic carbocycles. The van der Waals surface area contributed by atoms with E-state index in [0.29, 0.717) is 11.8 Å². The molecule has 23 heavy (non-hydrogen) atoms. The van der Waals surface area contributed by atoms with E-state index in [0.717, 1.165) is 23.2 Å². The molecule has 0 saturated heterocycles. The molecule has 2 N–H and O–H groups in total. The molecule has 0 aliphatic heterocycles. The Hall–Kier alpha value is -2.10. The lowest BCUT2D eigenvalue weighted by Gasteiger charge is -2.41. The average Bonchev–Trinajstić information content (AvgIpc) is 3.32. The van der Waals surface area contributed by atoms with Crippen molar-refractivity contribution in [2.24, 2.45) is 35.5 Å². The molecule has 5 rings (SSSR count). The first-order valence-corrected chi connectivity index (χ1v) is 8.26. The smallest absolute Gasteiger partial charge is 0.307 e. The Bertz CT molecular complexity index is 723. The van der Waals surface area contributed by atoms with Gasteiger partial charge in [0.05, 0.1) is 11.8 Å². The Morgan fingerprint density at radius 2 is 1.74 bits per heavy atom. The van der Waals surface area contributed by atoms with E-state index in [1.165, 1.54) is 0 Å². The lowest BCUT2D eigenvalue weighted by atomic mass is 9.62. The van der Waals surface area contributed by atoms with Gasteiger partial charge in [-0.3, -0.25) is 9.59 Å². The summed E-state index contributed by atoms with van der Waals surface area (Å²) in [4.78, 5) is 24.7. The van der Waals surface area contributed by atoms with E-state index in [4.69, 9.17) is 0 Å². The lowest BCUT2D eigenvalue weighted by Crippen LogP contribution is -2.48. The number of nitrogens with one attached hydrogen (secondary N) is 1. The summed E-state index contributed by atoms with van der Waals surface area (Å²) in [6.45, 7) is 3.93. The topological polar surface area (TPSA) is 66.4 Å². The van der Waals surface area contributed by atoms with Gasteiger partial charge in [-0.05, 0) is 61.1 Å². The van der Waals surface area contributed by atoms with Gasteiger partial charge in [0.25, 0.3) is 0 Å². The Balaban J connectivity index is 1.63. The molecule has 4 aliphatic rings. The summed E-state index contributed by atoms with van der Waals surface area (Å²) >= 11 is 0. The number of carboxylic acids is 1. The van der Waals surface area contributed by atoms with Crippen molar-refractivity contribution in [3.63, 3.8) is 0 Å². The summed E-state index contributed by atoms with van der Waals surface area (Å²) < 4.78 is 0. The van der Waals surface area contributed by atoms with Crippen molar-refractivity contribution in [3.8, 4) is 0 Å². The number of rotatable bonds is 3. The van der Waals surface area contributed by atoms with Crippen LogP contribution in [0.3, 0.4) is 0 Å². The fraction of sp³-hybridized carbons (Fsp3) is 0.474. The van der Waals surface area contributed by atoms with Crippen LogP contribution in [0.25, 0.3) is 0 Å². The van der Waals surface area contributed by atoms with Gasteiger partial charge in [-0.15, -0.1) is 0 Å². The molecule has 1 aromatic rings. The van der Waals surface area contributed by atoms with Crippen LogP contribution >= 0.6 is 0 Å². The molecule has 2 saturated carbocycles. The molecule has 120 valence electrons. The number of carboxylic acid groups (broad SMARTS) is 1. The Kier molecular flexibility index (Phi) is 3.12.